The van der Waals surface area contributed by atoms with Crippen LogP contribution in [0, 0.1) is 0 Å². The van der Waals surface area contributed by atoms with Crippen LogP contribution >= 0.6 is 11.3 Å². The van der Waals surface area contributed by atoms with Gasteiger partial charge in [-0.2, -0.15) is 0 Å². The van der Waals surface area contributed by atoms with Gasteiger partial charge in [-0.05, 0) is 30.7 Å². The number of hydrogen-bond donors (Lipinski definition) is 2. The molecule has 0 bridgehead atoms. The third-order valence-electron chi connectivity index (χ3n) is 3.35. The molecule has 15 heavy (non-hydrogen) atoms. The molecule has 2 unspecified atom stereocenters. The van der Waals surface area contributed by atoms with Crippen molar-refractivity contribution in [2.75, 3.05) is 6.61 Å². The predicted octanol–water partition coefficient (Wildman–Crippen LogP) is 2.52. The van der Waals surface area contributed by atoms with Gasteiger partial charge in [0.25, 0.3) is 0 Å². The monoisotopic (exact) mass is 227 g/mol. The van der Waals surface area contributed by atoms with E-state index in [1.165, 1.54) is 4.88 Å². The molecule has 0 spiro atoms. The molecule has 1 aromatic heterocycles. The second-order valence-electron chi connectivity index (χ2n) is 3.98. The fraction of sp³-hybridized carbons (Fsp3) is 0.667. The minimum absolute atomic E-state index is 0.0301. The summed E-state index contributed by atoms with van der Waals surface area (Å²) in [5, 5.41) is 11.3. The smallest absolute Gasteiger partial charge is 0.0440 e. The Hall–Kier alpha value is -0.380. The van der Waals surface area contributed by atoms with E-state index in [9.17, 15) is 5.11 Å². The van der Waals surface area contributed by atoms with E-state index in [0.717, 1.165) is 19.3 Å². The van der Waals surface area contributed by atoms with E-state index in [1.807, 2.05) is 0 Å². The number of thiophene rings is 1. The maximum Gasteiger partial charge on any atom is 0.0440 e. The van der Waals surface area contributed by atoms with Crippen molar-refractivity contribution in [3.8, 4) is 0 Å². The summed E-state index contributed by atoms with van der Waals surface area (Å²) in [6.45, 7) is 4.48. The second kappa shape index (κ2) is 5.64. The highest BCUT2D eigenvalue weighted by atomic mass is 32.1. The second-order valence-corrected chi connectivity index (χ2v) is 4.92. The van der Waals surface area contributed by atoms with E-state index in [2.05, 4.69) is 31.4 Å². The minimum Gasteiger partial charge on any atom is -0.396 e. The van der Waals surface area contributed by atoms with Gasteiger partial charge in [0.05, 0.1) is 0 Å². The number of nitrogens with two attached hydrogens (primary N) is 1. The van der Waals surface area contributed by atoms with Gasteiger partial charge in [-0.15, -0.1) is 11.3 Å². The van der Waals surface area contributed by atoms with Crippen LogP contribution in [0.2, 0.25) is 0 Å². The maximum atomic E-state index is 9.23. The quantitative estimate of drug-likeness (QED) is 0.784. The average Bonchev–Trinajstić information content (AvgIpc) is 2.78. The summed E-state index contributed by atoms with van der Waals surface area (Å²) in [5.74, 6) is 0. The molecule has 0 amide bonds. The molecular weight excluding hydrogens is 206 g/mol. The van der Waals surface area contributed by atoms with Crippen LogP contribution in [-0.2, 0) is 5.41 Å². The van der Waals surface area contributed by atoms with Gasteiger partial charge in [0.1, 0.15) is 0 Å². The standard InChI is InChI=1S/C12H21NOS/c1-3-10(13)12(4-2,7-8-14)11-6-5-9-15-11/h5-6,9-10,14H,3-4,7-8,13H2,1-2H3. The van der Waals surface area contributed by atoms with Gasteiger partial charge in [-0.1, -0.05) is 19.9 Å². The molecule has 1 aromatic rings. The topological polar surface area (TPSA) is 46.2 Å². The molecule has 1 rings (SSSR count). The van der Waals surface area contributed by atoms with Gasteiger partial charge < -0.3 is 10.8 Å². The Balaban J connectivity index is 3.03. The first kappa shape index (κ1) is 12.7. The molecule has 3 heteroatoms. The molecule has 0 saturated carbocycles. The van der Waals surface area contributed by atoms with Crippen molar-refractivity contribution in [3.63, 3.8) is 0 Å². The summed E-state index contributed by atoms with van der Waals surface area (Å²) in [4.78, 5) is 1.31. The zero-order chi connectivity index (χ0) is 11.3. The van der Waals surface area contributed by atoms with Crippen molar-refractivity contribution in [3.05, 3.63) is 22.4 Å². The van der Waals surface area contributed by atoms with Crippen LogP contribution in [-0.4, -0.2) is 17.8 Å². The van der Waals surface area contributed by atoms with E-state index in [1.54, 1.807) is 11.3 Å². The van der Waals surface area contributed by atoms with E-state index < -0.39 is 0 Å². The molecule has 2 nitrogen and oxygen atoms in total. The molecule has 0 saturated heterocycles. The molecule has 0 fully saturated rings. The van der Waals surface area contributed by atoms with Gasteiger partial charge in [0.2, 0.25) is 0 Å². The molecule has 1 heterocycles. The third-order valence-corrected chi connectivity index (χ3v) is 4.44. The fourth-order valence-corrected chi connectivity index (χ4v) is 3.35. The van der Waals surface area contributed by atoms with Crippen LogP contribution < -0.4 is 5.73 Å². The van der Waals surface area contributed by atoms with E-state index in [4.69, 9.17) is 5.73 Å². The summed E-state index contributed by atoms with van der Waals surface area (Å²) in [6, 6.07) is 4.33. The summed E-state index contributed by atoms with van der Waals surface area (Å²) in [5.41, 5.74) is 6.21. The molecule has 0 aromatic carbocycles. The highest BCUT2D eigenvalue weighted by Crippen LogP contribution is 2.38. The zero-order valence-corrected chi connectivity index (χ0v) is 10.4. The molecule has 3 N–H and O–H groups in total. The molecular formula is C12H21NOS. The van der Waals surface area contributed by atoms with Gasteiger partial charge in [0, 0.05) is 22.9 Å². The lowest BCUT2D eigenvalue weighted by Crippen LogP contribution is -2.44. The summed E-state index contributed by atoms with van der Waals surface area (Å²) < 4.78 is 0. The third kappa shape index (κ3) is 2.41. The SMILES string of the molecule is CCC(N)C(CC)(CCO)c1cccs1. The van der Waals surface area contributed by atoms with Crippen molar-refractivity contribution in [2.24, 2.45) is 5.73 Å². The lowest BCUT2D eigenvalue weighted by atomic mass is 9.73. The van der Waals surface area contributed by atoms with Crippen LogP contribution in [0.5, 0.6) is 0 Å². The van der Waals surface area contributed by atoms with Gasteiger partial charge in [-0.25, -0.2) is 0 Å². The van der Waals surface area contributed by atoms with Crippen molar-refractivity contribution in [1.29, 1.82) is 0 Å². The maximum absolute atomic E-state index is 9.23. The Bertz CT molecular complexity index is 273. The Labute approximate surface area is 96.1 Å². The highest BCUT2D eigenvalue weighted by molar-refractivity contribution is 7.10. The molecule has 86 valence electrons. The van der Waals surface area contributed by atoms with Crippen molar-refractivity contribution < 1.29 is 5.11 Å². The van der Waals surface area contributed by atoms with Crippen LogP contribution in [0.1, 0.15) is 38.0 Å². The summed E-state index contributed by atoms with van der Waals surface area (Å²) in [7, 11) is 0. The summed E-state index contributed by atoms with van der Waals surface area (Å²) >= 11 is 1.75. The largest absolute Gasteiger partial charge is 0.396 e. The zero-order valence-electron chi connectivity index (χ0n) is 9.57. The summed E-state index contributed by atoms with van der Waals surface area (Å²) in [6.07, 6.45) is 2.70. The molecule has 0 aliphatic carbocycles. The van der Waals surface area contributed by atoms with Crippen LogP contribution in [0.3, 0.4) is 0 Å². The Kier molecular flexibility index (Phi) is 4.77. The Morgan fingerprint density at radius 2 is 2.27 bits per heavy atom. The normalized spacial score (nSPS) is 17.3. The van der Waals surface area contributed by atoms with E-state index in [-0.39, 0.29) is 18.1 Å². The predicted molar refractivity (Wildman–Crippen MR) is 66.3 cm³/mol. The van der Waals surface area contributed by atoms with Gasteiger partial charge in [0.15, 0.2) is 0 Å². The fourth-order valence-electron chi connectivity index (χ4n) is 2.26. The minimum atomic E-state index is -0.0301. The molecule has 2 atom stereocenters. The lowest BCUT2D eigenvalue weighted by molar-refractivity contribution is 0.209. The molecule has 0 aliphatic heterocycles. The van der Waals surface area contributed by atoms with Crippen molar-refractivity contribution in [1.82, 2.24) is 0 Å². The number of aliphatic hydroxyl groups excluding tert-OH is 1. The first-order valence-corrected chi connectivity index (χ1v) is 6.49. The van der Waals surface area contributed by atoms with Crippen LogP contribution in [0.25, 0.3) is 0 Å². The van der Waals surface area contributed by atoms with Gasteiger partial charge in [-0.3, -0.25) is 0 Å². The Morgan fingerprint density at radius 1 is 1.53 bits per heavy atom. The lowest BCUT2D eigenvalue weighted by Gasteiger charge is -2.37. The van der Waals surface area contributed by atoms with Crippen molar-refractivity contribution in [2.45, 2.75) is 44.6 Å². The average molecular weight is 227 g/mol. The van der Waals surface area contributed by atoms with Crippen LogP contribution in [0.4, 0.5) is 0 Å². The van der Waals surface area contributed by atoms with Gasteiger partial charge >= 0.3 is 0 Å². The van der Waals surface area contributed by atoms with E-state index in [0.29, 0.717) is 0 Å². The first-order chi connectivity index (χ1) is 7.21. The number of rotatable bonds is 6. The first-order valence-electron chi connectivity index (χ1n) is 5.61. The Morgan fingerprint density at radius 3 is 2.67 bits per heavy atom. The number of hydrogen-bond acceptors (Lipinski definition) is 3. The number of aliphatic hydroxyl groups is 1. The molecule has 0 radical (unpaired) electrons. The van der Waals surface area contributed by atoms with Crippen molar-refractivity contribution >= 4 is 11.3 Å². The molecule has 0 aliphatic rings. The van der Waals surface area contributed by atoms with E-state index >= 15 is 0 Å². The highest BCUT2D eigenvalue weighted by Gasteiger charge is 2.36. The van der Waals surface area contributed by atoms with Crippen LogP contribution in [0.15, 0.2) is 17.5 Å².